The molecular formula is C14H13BrF3N3. The van der Waals surface area contributed by atoms with Crippen molar-refractivity contribution in [2.24, 2.45) is 0 Å². The molecule has 0 aliphatic carbocycles. The molecule has 2 rings (SSSR count). The summed E-state index contributed by atoms with van der Waals surface area (Å²) in [6.07, 6.45) is -2.93. The standard InChI is InChI=1S/C14H13BrF3N3/c1-7-3-4-9(5-10(7)14(16,17)18)21-13-12(15)8(2)11(19)6-20-13/h3-6H,19H2,1-2H3,(H,20,21). The van der Waals surface area contributed by atoms with Crippen LogP contribution < -0.4 is 11.1 Å². The molecule has 0 aliphatic rings. The molecule has 1 heterocycles. The van der Waals surface area contributed by atoms with Gasteiger partial charge in [-0.25, -0.2) is 4.98 Å². The number of rotatable bonds is 2. The van der Waals surface area contributed by atoms with E-state index < -0.39 is 11.7 Å². The average molecular weight is 360 g/mol. The molecule has 0 unspecified atom stereocenters. The summed E-state index contributed by atoms with van der Waals surface area (Å²) in [4.78, 5) is 4.08. The summed E-state index contributed by atoms with van der Waals surface area (Å²) < 4.78 is 39.3. The van der Waals surface area contributed by atoms with E-state index in [0.717, 1.165) is 11.6 Å². The SMILES string of the molecule is Cc1ccc(Nc2ncc(N)c(C)c2Br)cc1C(F)(F)F. The van der Waals surface area contributed by atoms with E-state index in [2.05, 4.69) is 26.2 Å². The molecule has 0 bridgehead atoms. The lowest BCUT2D eigenvalue weighted by Gasteiger charge is -2.14. The number of nitrogens with one attached hydrogen (secondary N) is 1. The van der Waals surface area contributed by atoms with Gasteiger partial charge in [-0.15, -0.1) is 0 Å². The second-order valence-corrected chi connectivity index (χ2v) is 5.45. The smallest absolute Gasteiger partial charge is 0.397 e. The minimum absolute atomic E-state index is 0.175. The van der Waals surface area contributed by atoms with Gasteiger partial charge in [0.15, 0.2) is 0 Å². The van der Waals surface area contributed by atoms with E-state index in [9.17, 15) is 13.2 Å². The van der Waals surface area contributed by atoms with Gasteiger partial charge in [0.25, 0.3) is 0 Å². The Bertz CT molecular complexity index is 684. The van der Waals surface area contributed by atoms with Crippen LogP contribution in [0.25, 0.3) is 0 Å². The number of pyridine rings is 1. The fraction of sp³-hybridized carbons (Fsp3) is 0.214. The first kappa shape index (κ1) is 15.6. The van der Waals surface area contributed by atoms with E-state index >= 15 is 0 Å². The molecule has 0 saturated heterocycles. The third-order valence-corrected chi connectivity index (χ3v) is 4.08. The lowest BCUT2D eigenvalue weighted by Crippen LogP contribution is -2.08. The number of nitrogens with two attached hydrogens (primary N) is 1. The molecule has 21 heavy (non-hydrogen) atoms. The number of nitrogen functional groups attached to an aromatic ring is 1. The van der Waals surface area contributed by atoms with Crippen molar-refractivity contribution in [3.63, 3.8) is 0 Å². The van der Waals surface area contributed by atoms with Crippen molar-refractivity contribution < 1.29 is 13.2 Å². The van der Waals surface area contributed by atoms with E-state index in [4.69, 9.17) is 5.73 Å². The summed E-state index contributed by atoms with van der Waals surface area (Å²) in [5.74, 6) is 0.415. The third-order valence-electron chi connectivity index (χ3n) is 3.11. The lowest BCUT2D eigenvalue weighted by atomic mass is 10.1. The Kier molecular flexibility index (Phi) is 4.13. The highest BCUT2D eigenvalue weighted by molar-refractivity contribution is 9.10. The maximum Gasteiger partial charge on any atom is 0.416 e. The van der Waals surface area contributed by atoms with Crippen LogP contribution in [0.3, 0.4) is 0 Å². The molecular weight excluding hydrogens is 347 g/mol. The van der Waals surface area contributed by atoms with Gasteiger partial charge in [0.05, 0.1) is 21.9 Å². The van der Waals surface area contributed by atoms with Crippen LogP contribution in [0.5, 0.6) is 0 Å². The molecule has 0 spiro atoms. The Hall–Kier alpha value is -1.76. The summed E-state index contributed by atoms with van der Waals surface area (Å²) in [6, 6.07) is 4.06. The molecule has 1 aromatic heterocycles. The Balaban J connectivity index is 2.39. The summed E-state index contributed by atoms with van der Waals surface area (Å²) >= 11 is 3.33. The van der Waals surface area contributed by atoms with Gasteiger partial charge in [0.1, 0.15) is 5.82 Å². The van der Waals surface area contributed by atoms with E-state index in [0.29, 0.717) is 21.7 Å². The minimum atomic E-state index is -4.39. The van der Waals surface area contributed by atoms with Crippen LogP contribution in [-0.4, -0.2) is 4.98 Å². The second kappa shape index (κ2) is 5.55. The topological polar surface area (TPSA) is 50.9 Å². The number of aromatic nitrogens is 1. The zero-order valence-corrected chi connectivity index (χ0v) is 12.9. The molecule has 0 aliphatic heterocycles. The molecule has 3 nitrogen and oxygen atoms in total. The van der Waals surface area contributed by atoms with Gasteiger partial charge in [0, 0.05) is 5.69 Å². The van der Waals surface area contributed by atoms with E-state index in [1.807, 2.05) is 0 Å². The van der Waals surface area contributed by atoms with Gasteiger partial charge in [-0.05, 0) is 53.0 Å². The summed E-state index contributed by atoms with van der Waals surface area (Å²) in [7, 11) is 0. The Labute approximate surface area is 128 Å². The number of benzene rings is 1. The summed E-state index contributed by atoms with van der Waals surface area (Å²) in [5.41, 5.74) is 6.81. The van der Waals surface area contributed by atoms with Crippen LogP contribution in [0, 0.1) is 13.8 Å². The Morgan fingerprint density at radius 1 is 1.24 bits per heavy atom. The number of halogens is 4. The lowest BCUT2D eigenvalue weighted by molar-refractivity contribution is -0.138. The molecule has 3 N–H and O–H groups in total. The summed E-state index contributed by atoms with van der Waals surface area (Å²) in [5, 5.41) is 2.87. The first-order valence-corrected chi connectivity index (χ1v) is 6.85. The number of alkyl halides is 3. The number of hydrogen-bond acceptors (Lipinski definition) is 3. The van der Waals surface area contributed by atoms with Gasteiger partial charge >= 0.3 is 6.18 Å². The number of nitrogens with zero attached hydrogens (tertiary/aromatic N) is 1. The largest absolute Gasteiger partial charge is 0.416 e. The summed E-state index contributed by atoms with van der Waals surface area (Å²) in [6.45, 7) is 3.22. The van der Waals surface area contributed by atoms with Gasteiger partial charge in [-0.3, -0.25) is 0 Å². The van der Waals surface area contributed by atoms with Crippen LogP contribution >= 0.6 is 15.9 Å². The van der Waals surface area contributed by atoms with E-state index in [-0.39, 0.29) is 5.56 Å². The molecule has 1 aromatic carbocycles. The van der Waals surface area contributed by atoms with E-state index in [1.54, 1.807) is 13.0 Å². The highest BCUT2D eigenvalue weighted by atomic mass is 79.9. The monoisotopic (exact) mass is 359 g/mol. The van der Waals surface area contributed by atoms with Gasteiger partial charge < -0.3 is 11.1 Å². The van der Waals surface area contributed by atoms with Gasteiger partial charge in [-0.2, -0.15) is 13.2 Å². The van der Waals surface area contributed by atoms with Crippen LogP contribution in [0.2, 0.25) is 0 Å². The molecule has 0 amide bonds. The molecule has 0 saturated carbocycles. The molecule has 0 radical (unpaired) electrons. The fourth-order valence-electron chi connectivity index (χ4n) is 1.82. The van der Waals surface area contributed by atoms with Crippen molar-refractivity contribution in [3.05, 3.63) is 45.6 Å². The molecule has 7 heteroatoms. The zero-order chi connectivity index (χ0) is 15.8. The van der Waals surface area contributed by atoms with Crippen molar-refractivity contribution >= 4 is 33.1 Å². The van der Waals surface area contributed by atoms with Crippen molar-refractivity contribution in [2.45, 2.75) is 20.0 Å². The van der Waals surface area contributed by atoms with Crippen LogP contribution in [0.15, 0.2) is 28.9 Å². The number of hydrogen-bond donors (Lipinski definition) is 2. The van der Waals surface area contributed by atoms with Crippen molar-refractivity contribution in [2.75, 3.05) is 11.1 Å². The normalized spacial score (nSPS) is 11.5. The third kappa shape index (κ3) is 3.29. The molecule has 0 fully saturated rings. The van der Waals surface area contributed by atoms with Crippen LogP contribution in [0.1, 0.15) is 16.7 Å². The highest BCUT2D eigenvalue weighted by Gasteiger charge is 2.32. The van der Waals surface area contributed by atoms with Crippen molar-refractivity contribution in [1.29, 1.82) is 0 Å². The Morgan fingerprint density at radius 2 is 1.90 bits per heavy atom. The fourth-order valence-corrected chi connectivity index (χ4v) is 2.25. The number of aryl methyl sites for hydroxylation is 1. The predicted molar refractivity (Wildman–Crippen MR) is 80.6 cm³/mol. The van der Waals surface area contributed by atoms with Crippen LogP contribution in [-0.2, 0) is 6.18 Å². The molecule has 0 atom stereocenters. The number of anilines is 3. The second-order valence-electron chi connectivity index (χ2n) is 4.65. The van der Waals surface area contributed by atoms with Gasteiger partial charge in [0.2, 0.25) is 0 Å². The maximum atomic E-state index is 12.9. The first-order valence-electron chi connectivity index (χ1n) is 6.05. The first-order chi connectivity index (χ1) is 9.70. The zero-order valence-electron chi connectivity index (χ0n) is 11.3. The quantitative estimate of drug-likeness (QED) is 0.809. The van der Waals surface area contributed by atoms with E-state index in [1.165, 1.54) is 19.2 Å². The predicted octanol–water partition coefficient (Wildman–Crippen LogP) is 4.81. The van der Waals surface area contributed by atoms with Crippen molar-refractivity contribution in [3.8, 4) is 0 Å². The highest BCUT2D eigenvalue weighted by Crippen LogP contribution is 2.35. The minimum Gasteiger partial charge on any atom is -0.397 e. The maximum absolute atomic E-state index is 12.9. The van der Waals surface area contributed by atoms with Crippen LogP contribution in [0.4, 0.5) is 30.4 Å². The molecule has 112 valence electrons. The average Bonchev–Trinajstić information content (AvgIpc) is 2.40. The van der Waals surface area contributed by atoms with Crippen molar-refractivity contribution in [1.82, 2.24) is 4.98 Å². The molecule has 2 aromatic rings. The Morgan fingerprint density at radius 3 is 2.52 bits per heavy atom. The van der Waals surface area contributed by atoms with Gasteiger partial charge in [-0.1, -0.05) is 6.07 Å².